The van der Waals surface area contributed by atoms with Gasteiger partial charge in [0.25, 0.3) is 0 Å². The summed E-state index contributed by atoms with van der Waals surface area (Å²) >= 11 is 0. The van der Waals surface area contributed by atoms with Crippen molar-refractivity contribution in [2.75, 3.05) is 7.11 Å². The molecule has 0 unspecified atom stereocenters. The Bertz CT molecular complexity index is 853. The summed E-state index contributed by atoms with van der Waals surface area (Å²) in [5.74, 6) is -0.289. The summed E-state index contributed by atoms with van der Waals surface area (Å²) < 4.78 is 10.4. The molecule has 0 heterocycles. The summed E-state index contributed by atoms with van der Waals surface area (Å²) in [5, 5.41) is 11.9. The molecule has 2 aromatic rings. The average Bonchev–Trinajstić information content (AvgIpc) is 2.66. The number of carbonyl (C=O) groups excluding carboxylic acids is 1. The molecule has 0 aliphatic rings. The highest BCUT2D eigenvalue weighted by Crippen LogP contribution is 2.28. The zero-order chi connectivity index (χ0) is 21.6. The maximum atomic E-state index is 11.9. The maximum Gasteiger partial charge on any atom is 0.408 e. The smallest absolute Gasteiger partial charge is 0.408 e. The molecule has 0 aliphatic carbocycles. The first-order chi connectivity index (χ1) is 13.6. The minimum absolute atomic E-state index is 0.165. The van der Waals surface area contributed by atoms with Crippen LogP contribution in [0.1, 0.15) is 38.8 Å². The number of rotatable bonds is 7. The van der Waals surface area contributed by atoms with Crippen LogP contribution in [0.2, 0.25) is 0 Å². The molecule has 0 saturated carbocycles. The normalized spacial score (nSPS) is 12.2. The lowest BCUT2D eigenvalue weighted by Gasteiger charge is -2.22. The van der Waals surface area contributed by atoms with Gasteiger partial charge in [0, 0.05) is 6.42 Å². The molecule has 0 bridgehead atoms. The second-order valence-corrected chi connectivity index (χ2v) is 7.81. The van der Waals surface area contributed by atoms with E-state index in [2.05, 4.69) is 12.2 Å². The Morgan fingerprint density at radius 3 is 2.28 bits per heavy atom. The lowest BCUT2D eigenvalue weighted by atomic mass is 9.96. The zero-order valence-corrected chi connectivity index (χ0v) is 17.6. The number of carbonyl (C=O) groups is 2. The lowest BCUT2D eigenvalue weighted by molar-refractivity contribution is -0.139. The summed E-state index contributed by atoms with van der Waals surface area (Å²) in [4.78, 5) is 23.5. The van der Waals surface area contributed by atoms with Crippen LogP contribution >= 0.6 is 0 Å². The Balaban J connectivity index is 2.14. The molecular weight excluding hydrogens is 370 g/mol. The van der Waals surface area contributed by atoms with Gasteiger partial charge in [-0.25, -0.2) is 9.59 Å². The minimum Gasteiger partial charge on any atom is -0.497 e. The van der Waals surface area contributed by atoms with E-state index in [1.807, 2.05) is 42.5 Å². The average molecular weight is 399 g/mol. The van der Waals surface area contributed by atoms with Gasteiger partial charge in [-0.15, -0.1) is 0 Å². The largest absolute Gasteiger partial charge is 0.497 e. The van der Waals surface area contributed by atoms with E-state index in [9.17, 15) is 14.7 Å². The first-order valence-electron chi connectivity index (χ1n) is 9.61. The summed E-state index contributed by atoms with van der Waals surface area (Å²) in [6, 6.07) is 12.6. The zero-order valence-electron chi connectivity index (χ0n) is 17.6. The third-order valence-electron chi connectivity index (χ3n) is 4.39. The summed E-state index contributed by atoms with van der Waals surface area (Å²) in [6.07, 6.45) is 0.292. The minimum atomic E-state index is -1.11. The van der Waals surface area contributed by atoms with E-state index in [-0.39, 0.29) is 6.42 Å². The number of hydrogen-bond donors (Lipinski definition) is 2. The Hall–Kier alpha value is -3.02. The second kappa shape index (κ2) is 9.45. The molecule has 1 atom stereocenters. The van der Waals surface area contributed by atoms with Crippen molar-refractivity contribution in [2.45, 2.75) is 52.2 Å². The van der Waals surface area contributed by atoms with E-state index in [1.165, 1.54) is 5.56 Å². The van der Waals surface area contributed by atoms with Gasteiger partial charge >= 0.3 is 12.1 Å². The van der Waals surface area contributed by atoms with Crippen molar-refractivity contribution in [2.24, 2.45) is 0 Å². The molecule has 2 N–H and O–H groups in total. The Labute approximate surface area is 171 Å². The topological polar surface area (TPSA) is 84.9 Å². The van der Waals surface area contributed by atoms with Crippen molar-refractivity contribution >= 4 is 12.1 Å². The van der Waals surface area contributed by atoms with Gasteiger partial charge in [-0.2, -0.15) is 0 Å². The lowest BCUT2D eigenvalue weighted by Crippen LogP contribution is -2.44. The molecule has 156 valence electrons. The van der Waals surface area contributed by atoms with Gasteiger partial charge in [-0.05, 0) is 61.6 Å². The van der Waals surface area contributed by atoms with Gasteiger partial charge in [0.2, 0.25) is 0 Å². The quantitative estimate of drug-likeness (QED) is 0.719. The molecule has 0 aliphatic heterocycles. The number of carboxylic acids is 1. The van der Waals surface area contributed by atoms with Crippen LogP contribution in [-0.2, 0) is 22.4 Å². The predicted octanol–water partition coefficient (Wildman–Crippen LogP) is 4.45. The van der Waals surface area contributed by atoms with Gasteiger partial charge in [0.15, 0.2) is 0 Å². The Morgan fingerprint density at radius 1 is 1.10 bits per heavy atom. The van der Waals surface area contributed by atoms with E-state index < -0.39 is 23.7 Å². The Kier molecular flexibility index (Phi) is 7.26. The van der Waals surface area contributed by atoms with Crippen LogP contribution in [0.15, 0.2) is 42.5 Å². The molecule has 1 amide bonds. The van der Waals surface area contributed by atoms with Crippen molar-refractivity contribution in [3.63, 3.8) is 0 Å². The van der Waals surface area contributed by atoms with E-state index in [4.69, 9.17) is 9.47 Å². The van der Waals surface area contributed by atoms with E-state index in [1.54, 1.807) is 27.9 Å². The number of benzene rings is 2. The van der Waals surface area contributed by atoms with Crippen molar-refractivity contribution in [3.8, 4) is 16.9 Å². The molecule has 0 spiro atoms. The predicted molar refractivity (Wildman–Crippen MR) is 112 cm³/mol. The SMILES string of the molecule is CCc1cc(OC)ccc1-c1ccc(C[C@H](NC(=O)OC(C)(C)C)C(=O)O)cc1. The number of amides is 1. The van der Waals surface area contributed by atoms with Crippen molar-refractivity contribution in [3.05, 3.63) is 53.6 Å². The van der Waals surface area contributed by atoms with Gasteiger partial charge in [0.1, 0.15) is 17.4 Å². The van der Waals surface area contributed by atoms with Gasteiger partial charge in [-0.1, -0.05) is 37.3 Å². The van der Waals surface area contributed by atoms with Crippen molar-refractivity contribution < 1.29 is 24.2 Å². The van der Waals surface area contributed by atoms with Crippen LogP contribution in [0, 0.1) is 0 Å². The van der Waals surface area contributed by atoms with Crippen LogP contribution in [0.25, 0.3) is 11.1 Å². The molecule has 0 aromatic heterocycles. The number of carboxylic acid groups (broad SMARTS) is 1. The molecule has 0 radical (unpaired) electrons. The molecule has 2 rings (SSSR count). The first kappa shape index (κ1) is 22.3. The van der Waals surface area contributed by atoms with Crippen LogP contribution in [0.3, 0.4) is 0 Å². The molecule has 0 fully saturated rings. The van der Waals surface area contributed by atoms with Crippen LogP contribution in [0.4, 0.5) is 4.79 Å². The fourth-order valence-electron chi connectivity index (χ4n) is 2.98. The molecule has 0 saturated heterocycles. The number of ether oxygens (including phenoxy) is 2. The number of nitrogens with one attached hydrogen (secondary N) is 1. The number of alkyl carbamates (subject to hydrolysis) is 1. The summed E-state index contributed by atoms with van der Waals surface area (Å²) in [5.41, 5.74) is 3.45. The highest BCUT2D eigenvalue weighted by Gasteiger charge is 2.24. The van der Waals surface area contributed by atoms with Crippen molar-refractivity contribution in [1.29, 1.82) is 0 Å². The molecule has 29 heavy (non-hydrogen) atoms. The van der Waals surface area contributed by atoms with Crippen LogP contribution < -0.4 is 10.1 Å². The number of hydrogen-bond acceptors (Lipinski definition) is 4. The first-order valence-corrected chi connectivity index (χ1v) is 9.61. The van der Waals surface area contributed by atoms with Gasteiger partial charge < -0.3 is 19.9 Å². The van der Waals surface area contributed by atoms with E-state index in [0.29, 0.717) is 0 Å². The second-order valence-electron chi connectivity index (χ2n) is 7.81. The van der Waals surface area contributed by atoms with Crippen LogP contribution in [-0.4, -0.2) is 35.9 Å². The fraction of sp³-hybridized carbons (Fsp3) is 0.391. The Morgan fingerprint density at radius 2 is 1.76 bits per heavy atom. The molecule has 2 aromatic carbocycles. The van der Waals surface area contributed by atoms with Gasteiger partial charge in [0.05, 0.1) is 7.11 Å². The monoisotopic (exact) mass is 399 g/mol. The standard InChI is InChI=1S/C23H29NO5/c1-6-16-14-18(28-5)11-12-19(16)17-9-7-15(8-10-17)13-20(21(25)26)24-22(27)29-23(2,3)4/h7-12,14,20H,6,13H2,1-5H3,(H,24,27)(H,25,26)/t20-/m0/s1. The van der Waals surface area contributed by atoms with E-state index >= 15 is 0 Å². The third-order valence-corrected chi connectivity index (χ3v) is 4.39. The van der Waals surface area contributed by atoms with E-state index in [0.717, 1.165) is 28.9 Å². The number of aryl methyl sites for hydroxylation is 1. The molecular formula is C23H29NO5. The molecule has 6 heteroatoms. The van der Waals surface area contributed by atoms with Crippen LogP contribution in [0.5, 0.6) is 5.75 Å². The number of aliphatic carboxylic acids is 1. The molecule has 6 nitrogen and oxygen atoms in total. The summed E-state index contributed by atoms with van der Waals surface area (Å²) in [7, 11) is 1.65. The van der Waals surface area contributed by atoms with Gasteiger partial charge in [-0.3, -0.25) is 0 Å². The third kappa shape index (κ3) is 6.52. The maximum absolute atomic E-state index is 11.9. The highest BCUT2D eigenvalue weighted by molar-refractivity contribution is 5.80. The summed E-state index contributed by atoms with van der Waals surface area (Å²) in [6.45, 7) is 7.27. The fourth-order valence-corrected chi connectivity index (χ4v) is 2.98. The highest BCUT2D eigenvalue weighted by atomic mass is 16.6. The van der Waals surface area contributed by atoms with Crippen molar-refractivity contribution in [1.82, 2.24) is 5.32 Å². The number of methoxy groups -OCH3 is 1.